The van der Waals surface area contributed by atoms with Gasteiger partial charge in [-0.15, -0.1) is 0 Å². The highest BCUT2D eigenvalue weighted by Crippen LogP contribution is 2.21. The van der Waals surface area contributed by atoms with Crippen molar-refractivity contribution >= 4 is 17.4 Å². The molecule has 0 atom stereocenters. The first-order chi connectivity index (χ1) is 8.10. The SMILES string of the molecule is CCCCCC(=O)Cc1c(Cl)c(CC)nn1C. The van der Waals surface area contributed by atoms with Crippen LogP contribution in [0.3, 0.4) is 0 Å². The second-order valence-electron chi connectivity index (χ2n) is 4.36. The van der Waals surface area contributed by atoms with E-state index in [1.54, 1.807) is 4.68 Å². The molecule has 0 unspecified atom stereocenters. The van der Waals surface area contributed by atoms with E-state index in [4.69, 9.17) is 11.6 Å². The number of unbranched alkanes of at least 4 members (excludes halogenated alkanes) is 2. The highest BCUT2D eigenvalue weighted by atomic mass is 35.5. The smallest absolute Gasteiger partial charge is 0.138 e. The molecule has 1 aromatic heterocycles. The molecule has 0 amide bonds. The van der Waals surface area contributed by atoms with Crippen molar-refractivity contribution in [3.05, 3.63) is 16.4 Å². The van der Waals surface area contributed by atoms with Gasteiger partial charge in [0, 0.05) is 19.9 Å². The zero-order chi connectivity index (χ0) is 12.8. The number of ketones is 1. The second-order valence-corrected chi connectivity index (χ2v) is 4.74. The Balaban J connectivity index is 2.62. The molecule has 1 rings (SSSR count). The molecule has 0 aliphatic carbocycles. The molecule has 0 N–H and O–H groups in total. The number of carbonyl (C=O) groups is 1. The van der Waals surface area contributed by atoms with Gasteiger partial charge in [-0.1, -0.05) is 38.3 Å². The van der Waals surface area contributed by atoms with Gasteiger partial charge < -0.3 is 0 Å². The maximum absolute atomic E-state index is 11.8. The topological polar surface area (TPSA) is 34.9 Å². The Labute approximate surface area is 108 Å². The van der Waals surface area contributed by atoms with Crippen LogP contribution < -0.4 is 0 Å². The minimum atomic E-state index is 0.256. The Morgan fingerprint density at radius 2 is 2.06 bits per heavy atom. The average Bonchev–Trinajstić information content (AvgIpc) is 2.57. The van der Waals surface area contributed by atoms with Gasteiger partial charge in [0.1, 0.15) is 5.78 Å². The molecule has 3 nitrogen and oxygen atoms in total. The number of rotatable bonds is 7. The average molecular weight is 257 g/mol. The van der Waals surface area contributed by atoms with Gasteiger partial charge in [0.15, 0.2) is 0 Å². The van der Waals surface area contributed by atoms with E-state index >= 15 is 0 Å². The number of aryl methyl sites for hydroxylation is 2. The molecule has 0 aromatic carbocycles. The van der Waals surface area contributed by atoms with E-state index in [-0.39, 0.29) is 5.78 Å². The number of hydrogen-bond acceptors (Lipinski definition) is 2. The van der Waals surface area contributed by atoms with E-state index in [9.17, 15) is 4.79 Å². The van der Waals surface area contributed by atoms with Crippen LogP contribution >= 0.6 is 11.6 Å². The highest BCUT2D eigenvalue weighted by Gasteiger charge is 2.15. The zero-order valence-corrected chi connectivity index (χ0v) is 11.7. The van der Waals surface area contributed by atoms with Crippen LogP contribution in [0.1, 0.15) is 50.9 Å². The van der Waals surface area contributed by atoms with Gasteiger partial charge in [-0.05, 0) is 12.8 Å². The number of aromatic nitrogens is 2. The van der Waals surface area contributed by atoms with Crippen LogP contribution in [0.15, 0.2) is 0 Å². The summed E-state index contributed by atoms with van der Waals surface area (Å²) in [5, 5.41) is 4.98. The Kier molecular flexibility index (Phi) is 5.69. The fourth-order valence-electron chi connectivity index (χ4n) is 1.86. The molecule has 1 heterocycles. The molecule has 96 valence electrons. The van der Waals surface area contributed by atoms with Gasteiger partial charge in [0.2, 0.25) is 0 Å². The predicted molar refractivity (Wildman–Crippen MR) is 70.4 cm³/mol. The van der Waals surface area contributed by atoms with E-state index in [1.165, 1.54) is 0 Å². The summed E-state index contributed by atoms with van der Waals surface area (Å²) in [6, 6.07) is 0. The van der Waals surface area contributed by atoms with Crippen molar-refractivity contribution in [1.29, 1.82) is 0 Å². The van der Waals surface area contributed by atoms with Crippen molar-refractivity contribution in [2.45, 2.75) is 52.4 Å². The van der Waals surface area contributed by atoms with Crippen molar-refractivity contribution in [3.63, 3.8) is 0 Å². The van der Waals surface area contributed by atoms with Gasteiger partial charge in [0.05, 0.1) is 16.4 Å². The number of nitrogens with zero attached hydrogens (tertiary/aromatic N) is 2. The molecule has 0 saturated carbocycles. The van der Waals surface area contributed by atoms with Crippen LogP contribution in [0.25, 0.3) is 0 Å². The third-order valence-corrected chi connectivity index (χ3v) is 3.36. The van der Waals surface area contributed by atoms with Crippen LogP contribution in [0.5, 0.6) is 0 Å². The minimum Gasteiger partial charge on any atom is -0.299 e. The lowest BCUT2D eigenvalue weighted by atomic mass is 10.1. The molecule has 0 aliphatic heterocycles. The predicted octanol–water partition coefficient (Wildman–Crippen LogP) is 3.33. The zero-order valence-electron chi connectivity index (χ0n) is 10.9. The Hall–Kier alpha value is -0.830. The summed E-state index contributed by atoms with van der Waals surface area (Å²) in [4.78, 5) is 11.8. The van der Waals surface area contributed by atoms with Crippen molar-refractivity contribution in [3.8, 4) is 0 Å². The molecule has 17 heavy (non-hydrogen) atoms. The number of carbonyl (C=O) groups excluding carboxylic acids is 1. The third kappa shape index (κ3) is 3.84. The molecule has 0 fully saturated rings. The molecule has 0 aliphatic rings. The standard InChI is InChI=1S/C13H21ClN2O/c1-4-6-7-8-10(17)9-12-13(14)11(5-2)15-16(12)3/h4-9H2,1-3H3. The minimum absolute atomic E-state index is 0.256. The Bertz CT molecular complexity index is 385. The molecule has 0 saturated heterocycles. The summed E-state index contributed by atoms with van der Waals surface area (Å²) in [5.74, 6) is 0.256. The maximum atomic E-state index is 11.8. The van der Waals surface area contributed by atoms with E-state index in [0.29, 0.717) is 17.9 Å². The summed E-state index contributed by atoms with van der Waals surface area (Å²) >= 11 is 6.20. The number of hydrogen-bond donors (Lipinski definition) is 0. The lowest BCUT2D eigenvalue weighted by Gasteiger charge is -2.02. The van der Waals surface area contributed by atoms with E-state index in [1.807, 2.05) is 14.0 Å². The summed E-state index contributed by atoms with van der Waals surface area (Å²) in [6.45, 7) is 4.15. The number of halogens is 1. The van der Waals surface area contributed by atoms with Crippen molar-refractivity contribution in [2.75, 3.05) is 0 Å². The molecule has 0 spiro atoms. The normalized spacial score (nSPS) is 10.8. The van der Waals surface area contributed by atoms with E-state index in [0.717, 1.165) is 37.1 Å². The van der Waals surface area contributed by atoms with Crippen LogP contribution in [0, 0.1) is 0 Å². The summed E-state index contributed by atoms with van der Waals surface area (Å²) < 4.78 is 1.74. The first-order valence-corrected chi connectivity index (χ1v) is 6.69. The molecule has 1 aromatic rings. The van der Waals surface area contributed by atoms with Gasteiger partial charge >= 0.3 is 0 Å². The highest BCUT2D eigenvalue weighted by molar-refractivity contribution is 6.32. The second kappa shape index (κ2) is 6.80. The van der Waals surface area contributed by atoms with Crippen LogP contribution in [0.4, 0.5) is 0 Å². The molecular weight excluding hydrogens is 236 g/mol. The van der Waals surface area contributed by atoms with Gasteiger partial charge in [0.25, 0.3) is 0 Å². The summed E-state index contributed by atoms with van der Waals surface area (Å²) in [7, 11) is 1.85. The lowest BCUT2D eigenvalue weighted by Crippen LogP contribution is -2.07. The van der Waals surface area contributed by atoms with Gasteiger partial charge in [-0.2, -0.15) is 5.10 Å². The van der Waals surface area contributed by atoms with Crippen molar-refractivity contribution in [2.24, 2.45) is 7.05 Å². The summed E-state index contributed by atoms with van der Waals surface area (Å²) in [6.07, 6.45) is 5.09. The van der Waals surface area contributed by atoms with Crippen LogP contribution in [0.2, 0.25) is 5.02 Å². The monoisotopic (exact) mass is 256 g/mol. The fraction of sp³-hybridized carbons (Fsp3) is 0.692. The van der Waals surface area contributed by atoms with Gasteiger partial charge in [-0.25, -0.2) is 0 Å². The van der Waals surface area contributed by atoms with Gasteiger partial charge in [-0.3, -0.25) is 9.48 Å². The maximum Gasteiger partial charge on any atom is 0.138 e. The molecule has 0 radical (unpaired) electrons. The largest absolute Gasteiger partial charge is 0.299 e. The quantitative estimate of drug-likeness (QED) is 0.702. The van der Waals surface area contributed by atoms with E-state index in [2.05, 4.69) is 12.0 Å². The number of Topliss-reactive ketones (excluding diaryl/α,β-unsaturated/α-hetero) is 1. The molecule has 0 bridgehead atoms. The Morgan fingerprint density at radius 3 is 2.59 bits per heavy atom. The van der Waals surface area contributed by atoms with Crippen molar-refractivity contribution < 1.29 is 4.79 Å². The summed E-state index contributed by atoms with van der Waals surface area (Å²) in [5.41, 5.74) is 1.73. The lowest BCUT2D eigenvalue weighted by molar-refractivity contribution is -0.118. The molecule has 4 heteroatoms. The third-order valence-electron chi connectivity index (χ3n) is 2.93. The van der Waals surface area contributed by atoms with Crippen LogP contribution in [-0.2, 0) is 24.7 Å². The fourth-order valence-corrected chi connectivity index (χ4v) is 2.22. The Morgan fingerprint density at radius 1 is 1.35 bits per heavy atom. The van der Waals surface area contributed by atoms with E-state index < -0.39 is 0 Å². The van der Waals surface area contributed by atoms with Crippen molar-refractivity contribution in [1.82, 2.24) is 9.78 Å². The van der Waals surface area contributed by atoms with Crippen LogP contribution in [-0.4, -0.2) is 15.6 Å². The first kappa shape index (κ1) is 14.2. The first-order valence-electron chi connectivity index (χ1n) is 6.32. The molecular formula is C13H21ClN2O.